The Morgan fingerprint density at radius 1 is 1.26 bits per heavy atom. The van der Waals surface area contributed by atoms with Crippen molar-refractivity contribution in [2.75, 3.05) is 10.8 Å². The van der Waals surface area contributed by atoms with Crippen LogP contribution >= 0.6 is 0 Å². The summed E-state index contributed by atoms with van der Waals surface area (Å²) in [6, 6.07) is 5.79. The maximum atomic E-state index is 13.2. The Balaban J connectivity index is 2.58. The number of anilines is 1. The quantitative estimate of drug-likeness (QED) is 0.813. The van der Waals surface area contributed by atoms with E-state index >= 15 is 0 Å². The summed E-state index contributed by atoms with van der Waals surface area (Å²) < 4.78 is 29.2. The predicted molar refractivity (Wildman–Crippen MR) is 91.0 cm³/mol. The second-order valence-electron chi connectivity index (χ2n) is 6.11. The minimum Gasteiger partial charge on any atom is -0.264 e. The summed E-state index contributed by atoms with van der Waals surface area (Å²) in [4.78, 5) is 0. The van der Waals surface area contributed by atoms with Crippen molar-refractivity contribution in [3.8, 4) is 0 Å². The van der Waals surface area contributed by atoms with E-state index in [0.717, 1.165) is 11.1 Å². The van der Waals surface area contributed by atoms with E-state index in [0.29, 0.717) is 18.8 Å². The first-order valence-corrected chi connectivity index (χ1v) is 9.19. The van der Waals surface area contributed by atoms with Gasteiger partial charge in [-0.25, -0.2) is 4.68 Å². The molecule has 0 saturated heterocycles. The molecule has 23 heavy (non-hydrogen) atoms. The molecule has 0 saturated carbocycles. The molecule has 0 aliphatic rings. The van der Waals surface area contributed by atoms with Gasteiger partial charge in [-0.05, 0) is 38.3 Å². The standard InChI is InChI=1S/C16H24N4O2S/c1-6-19-16(10-17-18-19)23(21,22)20(11-12(2)3)15-8-7-13(4)9-14(15)5/h7-10,12H,6,11H2,1-5H3. The van der Waals surface area contributed by atoms with E-state index in [1.54, 1.807) is 0 Å². The van der Waals surface area contributed by atoms with Gasteiger partial charge in [-0.2, -0.15) is 8.42 Å². The molecule has 0 aliphatic carbocycles. The van der Waals surface area contributed by atoms with E-state index in [1.807, 2.05) is 52.8 Å². The summed E-state index contributed by atoms with van der Waals surface area (Å²) in [5, 5.41) is 7.74. The normalized spacial score (nSPS) is 11.9. The molecule has 0 spiro atoms. The fourth-order valence-electron chi connectivity index (χ4n) is 2.52. The van der Waals surface area contributed by atoms with Crippen molar-refractivity contribution in [2.45, 2.75) is 46.2 Å². The molecule has 6 nitrogen and oxygen atoms in total. The first kappa shape index (κ1) is 17.5. The lowest BCUT2D eigenvalue weighted by Crippen LogP contribution is -2.36. The number of aryl methyl sites for hydroxylation is 3. The molecule has 0 radical (unpaired) electrons. The minimum atomic E-state index is -3.71. The van der Waals surface area contributed by atoms with Crippen molar-refractivity contribution in [2.24, 2.45) is 5.92 Å². The summed E-state index contributed by atoms with van der Waals surface area (Å²) in [5.41, 5.74) is 2.74. The van der Waals surface area contributed by atoms with Gasteiger partial charge in [-0.1, -0.05) is 36.8 Å². The zero-order valence-corrected chi connectivity index (χ0v) is 15.1. The molecule has 1 heterocycles. The second kappa shape index (κ2) is 6.70. The SMILES string of the molecule is CCn1nncc1S(=O)(=O)N(CC(C)C)c1ccc(C)cc1C. The van der Waals surface area contributed by atoms with Crippen molar-refractivity contribution in [3.05, 3.63) is 35.5 Å². The van der Waals surface area contributed by atoms with Gasteiger partial charge in [-0.3, -0.25) is 4.31 Å². The molecular formula is C16H24N4O2S. The van der Waals surface area contributed by atoms with Crippen LogP contribution in [0.1, 0.15) is 31.9 Å². The third kappa shape index (κ3) is 3.55. The summed E-state index contributed by atoms with van der Waals surface area (Å²) in [5.74, 6) is 0.191. The van der Waals surface area contributed by atoms with Gasteiger partial charge in [0.15, 0.2) is 5.03 Å². The Hall–Kier alpha value is -1.89. The van der Waals surface area contributed by atoms with Gasteiger partial charge in [0.25, 0.3) is 10.0 Å². The fourth-order valence-corrected chi connectivity index (χ4v) is 4.32. The molecule has 2 aromatic rings. The topological polar surface area (TPSA) is 68.1 Å². The average molecular weight is 336 g/mol. The van der Waals surface area contributed by atoms with Gasteiger partial charge in [-0.15, -0.1) is 5.10 Å². The highest BCUT2D eigenvalue weighted by Crippen LogP contribution is 2.28. The van der Waals surface area contributed by atoms with Crippen LogP contribution in [0.3, 0.4) is 0 Å². The van der Waals surface area contributed by atoms with Crippen molar-refractivity contribution < 1.29 is 8.42 Å². The number of hydrogen-bond acceptors (Lipinski definition) is 4. The van der Waals surface area contributed by atoms with E-state index in [9.17, 15) is 8.42 Å². The zero-order valence-electron chi connectivity index (χ0n) is 14.3. The molecule has 1 aromatic heterocycles. The van der Waals surface area contributed by atoms with Crippen LogP contribution in [0.4, 0.5) is 5.69 Å². The summed E-state index contributed by atoms with van der Waals surface area (Å²) in [6.45, 7) is 10.6. The first-order chi connectivity index (χ1) is 10.8. The lowest BCUT2D eigenvalue weighted by atomic mass is 10.1. The van der Waals surface area contributed by atoms with E-state index < -0.39 is 10.0 Å². The van der Waals surface area contributed by atoms with E-state index in [4.69, 9.17) is 0 Å². The number of nitrogens with zero attached hydrogens (tertiary/aromatic N) is 4. The Kier molecular flexibility index (Phi) is 5.09. The van der Waals surface area contributed by atoms with Crippen molar-refractivity contribution in [1.82, 2.24) is 15.0 Å². The summed E-state index contributed by atoms with van der Waals surface area (Å²) in [6.07, 6.45) is 1.32. The van der Waals surface area contributed by atoms with Gasteiger partial charge < -0.3 is 0 Å². The Morgan fingerprint density at radius 3 is 2.52 bits per heavy atom. The Labute approximate surface area is 138 Å². The van der Waals surface area contributed by atoms with Crippen LogP contribution in [0.15, 0.2) is 29.4 Å². The molecule has 7 heteroatoms. The lowest BCUT2D eigenvalue weighted by molar-refractivity contribution is 0.537. The van der Waals surface area contributed by atoms with Crippen molar-refractivity contribution in [3.63, 3.8) is 0 Å². The largest absolute Gasteiger partial charge is 0.283 e. The molecule has 0 aliphatic heterocycles. The maximum absolute atomic E-state index is 13.2. The highest BCUT2D eigenvalue weighted by molar-refractivity contribution is 7.92. The van der Waals surface area contributed by atoms with Gasteiger partial charge in [0, 0.05) is 13.1 Å². The second-order valence-corrected chi connectivity index (χ2v) is 7.92. The number of benzene rings is 1. The number of hydrogen-bond donors (Lipinski definition) is 0. The number of rotatable bonds is 6. The van der Waals surface area contributed by atoms with Crippen LogP contribution in [-0.4, -0.2) is 30.0 Å². The van der Waals surface area contributed by atoms with E-state index in [1.165, 1.54) is 15.2 Å². The summed E-state index contributed by atoms with van der Waals surface area (Å²) >= 11 is 0. The third-order valence-corrected chi connectivity index (χ3v) is 5.36. The zero-order chi connectivity index (χ0) is 17.2. The van der Waals surface area contributed by atoms with E-state index in [2.05, 4.69) is 10.3 Å². The highest BCUT2D eigenvalue weighted by atomic mass is 32.2. The number of sulfonamides is 1. The molecule has 0 bridgehead atoms. The van der Waals surface area contributed by atoms with Crippen LogP contribution in [0.5, 0.6) is 0 Å². The maximum Gasteiger partial charge on any atom is 0.283 e. The Morgan fingerprint density at radius 2 is 1.96 bits per heavy atom. The van der Waals surface area contributed by atoms with Crippen LogP contribution in [-0.2, 0) is 16.6 Å². The van der Waals surface area contributed by atoms with Crippen LogP contribution in [0, 0.1) is 19.8 Å². The first-order valence-electron chi connectivity index (χ1n) is 7.75. The lowest BCUT2D eigenvalue weighted by Gasteiger charge is -2.27. The molecule has 1 aromatic carbocycles. The van der Waals surface area contributed by atoms with Crippen molar-refractivity contribution >= 4 is 15.7 Å². The third-order valence-electron chi connectivity index (χ3n) is 3.59. The predicted octanol–water partition coefficient (Wildman–Crippen LogP) is 2.77. The van der Waals surface area contributed by atoms with Crippen molar-refractivity contribution in [1.29, 1.82) is 0 Å². The molecule has 2 rings (SSSR count). The Bertz CT molecular complexity index is 781. The van der Waals surface area contributed by atoms with Gasteiger partial charge in [0.1, 0.15) is 0 Å². The monoisotopic (exact) mass is 336 g/mol. The number of aromatic nitrogens is 3. The summed E-state index contributed by atoms with van der Waals surface area (Å²) in [7, 11) is -3.71. The van der Waals surface area contributed by atoms with E-state index in [-0.39, 0.29) is 10.9 Å². The molecule has 0 atom stereocenters. The molecule has 126 valence electrons. The molecule has 0 amide bonds. The van der Waals surface area contributed by atoms with Gasteiger partial charge in [0.05, 0.1) is 11.9 Å². The average Bonchev–Trinajstić information content (AvgIpc) is 2.94. The smallest absolute Gasteiger partial charge is 0.264 e. The minimum absolute atomic E-state index is 0.126. The van der Waals surface area contributed by atoms with Gasteiger partial charge >= 0.3 is 0 Å². The van der Waals surface area contributed by atoms with Crippen LogP contribution in [0.25, 0.3) is 0 Å². The fraction of sp³-hybridized carbons (Fsp3) is 0.500. The molecule has 0 fully saturated rings. The highest BCUT2D eigenvalue weighted by Gasteiger charge is 2.30. The molecular weight excluding hydrogens is 312 g/mol. The molecule has 0 N–H and O–H groups in total. The van der Waals surface area contributed by atoms with Crippen LogP contribution < -0.4 is 4.31 Å². The molecule has 0 unspecified atom stereocenters. The van der Waals surface area contributed by atoms with Crippen LogP contribution in [0.2, 0.25) is 0 Å². The van der Waals surface area contributed by atoms with Gasteiger partial charge in [0.2, 0.25) is 0 Å².